The summed E-state index contributed by atoms with van der Waals surface area (Å²) in [5.74, 6) is 0. The summed E-state index contributed by atoms with van der Waals surface area (Å²) in [7, 11) is 0.500. The maximum absolute atomic E-state index is 11.1. The van der Waals surface area contributed by atoms with Crippen molar-refractivity contribution < 1.29 is 49.3 Å². The highest BCUT2D eigenvalue weighted by Gasteiger charge is 2.39. The minimum absolute atomic E-state index is 0. The second-order valence-electron chi connectivity index (χ2n) is 3.71. The van der Waals surface area contributed by atoms with E-state index in [-0.39, 0.29) is 48.6 Å². The van der Waals surface area contributed by atoms with E-state index in [0.29, 0.717) is 20.4 Å². The van der Waals surface area contributed by atoms with Gasteiger partial charge in [0.1, 0.15) is 25.6 Å². The second kappa shape index (κ2) is 24.3. The van der Waals surface area contributed by atoms with E-state index in [4.69, 9.17) is 4.74 Å². The van der Waals surface area contributed by atoms with E-state index in [9.17, 15) is 35.1 Å². The lowest BCUT2D eigenvalue weighted by atomic mass is 10.4. The Hall–Kier alpha value is -0.680. The number of halogens is 8. The standard InChI is InChI=1S/C4H7FO2.C3H3F5.C3H5FO.CH3F.4CH4/c5-3-6-1-4-2-7-4;4-1-2(5)3(6,7)8;4-1-3-2-5-3;1-2;;;;/h4H,1-3H2;2H,1H2;3H,1-2H2;1H3;4*1H4. The zero-order chi connectivity index (χ0) is 17.6. The highest BCUT2D eigenvalue weighted by molar-refractivity contribution is 4.66. The molecule has 0 amide bonds. The maximum Gasteiger partial charge on any atom is 0.422 e. The van der Waals surface area contributed by atoms with Gasteiger partial charge in [-0.15, -0.1) is 0 Å². The monoisotopic (exact) mass is 414 g/mol. The Labute approximate surface area is 152 Å². The topological polar surface area (TPSA) is 34.3 Å². The molecule has 0 aliphatic carbocycles. The van der Waals surface area contributed by atoms with E-state index in [2.05, 4.69) is 9.47 Å². The van der Waals surface area contributed by atoms with Crippen LogP contribution in [0.5, 0.6) is 0 Å². The van der Waals surface area contributed by atoms with Gasteiger partial charge in [-0.3, -0.25) is 4.39 Å². The molecule has 26 heavy (non-hydrogen) atoms. The summed E-state index contributed by atoms with van der Waals surface area (Å²) in [6.07, 6.45) is -8.19. The van der Waals surface area contributed by atoms with Gasteiger partial charge in [-0.2, -0.15) is 13.2 Å². The lowest BCUT2D eigenvalue weighted by Crippen LogP contribution is -2.25. The first-order chi connectivity index (χ1) is 10.3. The molecule has 3 nitrogen and oxygen atoms in total. The largest absolute Gasteiger partial charge is 0.422 e. The minimum atomic E-state index is -5.03. The van der Waals surface area contributed by atoms with Gasteiger partial charge in [-0.1, -0.05) is 29.7 Å². The highest BCUT2D eigenvalue weighted by Crippen LogP contribution is 2.22. The molecule has 2 heterocycles. The van der Waals surface area contributed by atoms with E-state index in [1.54, 1.807) is 0 Å². The van der Waals surface area contributed by atoms with E-state index < -0.39 is 25.9 Å². The first-order valence-electron chi connectivity index (χ1n) is 5.92. The Morgan fingerprint density at radius 1 is 0.923 bits per heavy atom. The Morgan fingerprint density at radius 3 is 1.42 bits per heavy atom. The van der Waals surface area contributed by atoms with Gasteiger partial charge < -0.3 is 14.2 Å². The lowest BCUT2D eigenvalue weighted by molar-refractivity contribution is -0.183. The number of hydrogen-bond donors (Lipinski definition) is 0. The molecule has 0 aromatic carbocycles. The molecule has 0 bridgehead atoms. The fourth-order valence-electron chi connectivity index (χ4n) is 0.585. The predicted molar refractivity (Wildman–Crippen MR) is 88.3 cm³/mol. The zero-order valence-corrected chi connectivity index (χ0v) is 11.7. The molecule has 0 N–H and O–H groups in total. The van der Waals surface area contributed by atoms with Gasteiger partial charge in [0.15, 0.2) is 6.86 Å². The Morgan fingerprint density at radius 2 is 1.31 bits per heavy atom. The molecule has 0 aromatic rings. The van der Waals surface area contributed by atoms with Crippen molar-refractivity contribution in [3.8, 4) is 0 Å². The third kappa shape index (κ3) is 31.1. The van der Waals surface area contributed by atoms with Crippen LogP contribution >= 0.6 is 0 Å². The molecule has 11 heteroatoms. The summed E-state index contributed by atoms with van der Waals surface area (Å²) in [5, 5.41) is 0. The molecular weight excluding hydrogens is 380 g/mol. The van der Waals surface area contributed by atoms with Gasteiger partial charge in [0.05, 0.1) is 27.0 Å². The molecule has 0 saturated carbocycles. The van der Waals surface area contributed by atoms with Gasteiger partial charge in [0, 0.05) is 0 Å². The summed E-state index contributed by atoms with van der Waals surface area (Å²) in [6, 6.07) is 0. The molecule has 2 saturated heterocycles. The summed E-state index contributed by atoms with van der Waals surface area (Å²) in [5.41, 5.74) is 0. The third-order valence-electron chi connectivity index (χ3n) is 1.85. The van der Waals surface area contributed by atoms with Crippen molar-refractivity contribution in [2.75, 3.05) is 47.2 Å². The van der Waals surface area contributed by atoms with Crippen LogP contribution in [-0.4, -0.2) is 71.8 Å². The Balaban J connectivity index is -0.0000000519. The number of alkyl halides is 8. The molecule has 3 unspecified atom stereocenters. The molecule has 0 spiro atoms. The second-order valence-corrected chi connectivity index (χ2v) is 3.71. The van der Waals surface area contributed by atoms with Gasteiger partial charge in [0.25, 0.3) is 0 Å². The van der Waals surface area contributed by atoms with Gasteiger partial charge in [0.2, 0.25) is 6.17 Å². The fraction of sp³-hybridized carbons (Fsp3) is 1.00. The van der Waals surface area contributed by atoms with Crippen molar-refractivity contribution >= 4 is 0 Å². The van der Waals surface area contributed by atoms with Gasteiger partial charge in [-0.25, -0.2) is 17.6 Å². The normalized spacial score (nSPS) is 19.3. The van der Waals surface area contributed by atoms with Crippen LogP contribution in [0.1, 0.15) is 29.7 Å². The van der Waals surface area contributed by atoms with Crippen molar-refractivity contribution in [1.29, 1.82) is 0 Å². The molecule has 168 valence electrons. The summed E-state index contributed by atoms with van der Waals surface area (Å²) < 4.78 is 99.7. The van der Waals surface area contributed by atoms with Crippen LogP contribution in [0.4, 0.5) is 35.1 Å². The van der Waals surface area contributed by atoms with Crippen molar-refractivity contribution in [2.45, 2.75) is 54.3 Å². The summed E-state index contributed by atoms with van der Waals surface area (Å²) in [4.78, 5) is 0. The molecule has 3 atom stereocenters. The molecule has 2 aliphatic rings. The van der Waals surface area contributed by atoms with E-state index in [1.165, 1.54) is 0 Å². The highest BCUT2D eigenvalue weighted by atomic mass is 19.4. The predicted octanol–water partition coefficient (Wildman–Crippen LogP) is 5.67. The number of rotatable bonds is 5. The smallest absolute Gasteiger partial charge is 0.371 e. The molecule has 2 fully saturated rings. The van der Waals surface area contributed by atoms with Crippen LogP contribution in [0.2, 0.25) is 0 Å². The third-order valence-corrected chi connectivity index (χ3v) is 1.85. The Kier molecular flexibility index (Phi) is 37.5. The van der Waals surface area contributed by atoms with E-state index in [0.717, 1.165) is 6.61 Å². The van der Waals surface area contributed by atoms with Crippen LogP contribution < -0.4 is 0 Å². The average Bonchev–Trinajstić information content (AvgIpc) is 3.40. The molecule has 0 radical (unpaired) electrons. The number of hydrogen-bond acceptors (Lipinski definition) is 3. The van der Waals surface area contributed by atoms with Crippen LogP contribution in [-0.2, 0) is 14.2 Å². The first kappa shape index (κ1) is 40.1. The summed E-state index contributed by atoms with van der Waals surface area (Å²) >= 11 is 0. The van der Waals surface area contributed by atoms with Crippen molar-refractivity contribution in [2.24, 2.45) is 0 Å². The van der Waals surface area contributed by atoms with E-state index in [1.807, 2.05) is 0 Å². The van der Waals surface area contributed by atoms with Crippen LogP contribution in [0.25, 0.3) is 0 Å². The van der Waals surface area contributed by atoms with Crippen LogP contribution in [0.3, 0.4) is 0 Å². The first-order valence-corrected chi connectivity index (χ1v) is 5.92. The zero-order valence-electron chi connectivity index (χ0n) is 11.7. The van der Waals surface area contributed by atoms with Crippen molar-refractivity contribution in [3.63, 3.8) is 0 Å². The molecule has 2 aliphatic heterocycles. The molecule has 0 aromatic heterocycles. The minimum Gasteiger partial charge on any atom is -0.371 e. The SMILES string of the molecule is C.C.C.C.CF.FCC(F)C(F)(F)F.FCC1CO1.FCOCC1CO1. The average molecular weight is 414 g/mol. The van der Waals surface area contributed by atoms with Gasteiger partial charge >= 0.3 is 6.18 Å². The van der Waals surface area contributed by atoms with Crippen molar-refractivity contribution in [3.05, 3.63) is 0 Å². The van der Waals surface area contributed by atoms with Crippen LogP contribution in [0.15, 0.2) is 0 Å². The van der Waals surface area contributed by atoms with E-state index >= 15 is 0 Å². The van der Waals surface area contributed by atoms with Crippen LogP contribution in [0, 0.1) is 0 Å². The maximum atomic E-state index is 11.1. The quantitative estimate of drug-likeness (QED) is 0.429. The Bertz CT molecular complexity index is 237. The van der Waals surface area contributed by atoms with Crippen molar-refractivity contribution in [1.82, 2.24) is 0 Å². The molecular formula is C15H34F8O3. The fourth-order valence-corrected chi connectivity index (χ4v) is 0.585. The number of epoxide rings is 2. The molecule has 2 rings (SSSR count). The van der Waals surface area contributed by atoms with Gasteiger partial charge in [-0.05, 0) is 0 Å². The summed E-state index contributed by atoms with van der Waals surface area (Å²) in [6.45, 7) is -1.21. The lowest BCUT2D eigenvalue weighted by Gasteiger charge is -2.06. The number of ether oxygens (including phenoxy) is 3.